The van der Waals surface area contributed by atoms with Gasteiger partial charge in [-0.2, -0.15) is 0 Å². The fourth-order valence-electron chi connectivity index (χ4n) is 1.56. The van der Waals surface area contributed by atoms with Gasteiger partial charge >= 0.3 is 6.09 Å². The third-order valence-corrected chi connectivity index (χ3v) is 3.33. The molecule has 0 fully saturated rings. The molecule has 1 rings (SSSR count). The Morgan fingerprint density at radius 1 is 1.40 bits per heavy atom. The molecule has 0 spiro atoms. The molecule has 0 radical (unpaired) electrons. The van der Waals surface area contributed by atoms with Crippen molar-refractivity contribution in [2.45, 2.75) is 32.9 Å². The zero-order valence-electron chi connectivity index (χ0n) is 12.3. The van der Waals surface area contributed by atoms with Crippen LogP contribution in [0.1, 0.15) is 26.3 Å². The van der Waals surface area contributed by atoms with E-state index in [0.717, 1.165) is 0 Å². The number of hydrogen-bond donors (Lipinski definition) is 0. The molecule has 0 saturated heterocycles. The van der Waals surface area contributed by atoms with Crippen LogP contribution in [0.2, 0.25) is 0 Å². The highest BCUT2D eigenvalue weighted by molar-refractivity contribution is 9.10. The zero-order valence-corrected chi connectivity index (χ0v) is 13.9. The molecular formula is C14H19BrFNO3. The van der Waals surface area contributed by atoms with Crippen LogP contribution in [-0.4, -0.2) is 30.8 Å². The molecule has 20 heavy (non-hydrogen) atoms. The van der Waals surface area contributed by atoms with Crippen LogP contribution < -0.4 is 4.74 Å². The van der Waals surface area contributed by atoms with Crippen molar-refractivity contribution in [3.8, 4) is 5.75 Å². The first-order valence-corrected chi connectivity index (χ1v) is 6.90. The van der Waals surface area contributed by atoms with Crippen molar-refractivity contribution in [3.05, 3.63) is 28.0 Å². The summed E-state index contributed by atoms with van der Waals surface area (Å²) < 4.78 is 24.3. The molecule has 1 aromatic rings. The summed E-state index contributed by atoms with van der Waals surface area (Å²) in [5, 5.41) is 0. The van der Waals surface area contributed by atoms with Gasteiger partial charge in [0.25, 0.3) is 0 Å². The summed E-state index contributed by atoms with van der Waals surface area (Å²) in [4.78, 5) is 13.3. The number of nitrogens with zero attached hydrogens (tertiary/aromatic N) is 1. The second-order valence-corrected chi connectivity index (χ2v) is 6.17. The quantitative estimate of drug-likeness (QED) is 0.830. The number of hydrogen-bond acceptors (Lipinski definition) is 3. The number of rotatable bonds is 3. The maximum Gasteiger partial charge on any atom is 0.410 e. The molecule has 112 valence electrons. The molecule has 0 N–H and O–H groups in total. The number of halogens is 2. The van der Waals surface area contributed by atoms with Crippen molar-refractivity contribution in [2.24, 2.45) is 0 Å². The van der Waals surface area contributed by atoms with Gasteiger partial charge in [-0.05, 0) is 48.8 Å². The van der Waals surface area contributed by atoms with E-state index < -0.39 is 17.5 Å². The fraction of sp³-hybridized carbons (Fsp3) is 0.500. The Bertz CT molecular complexity index is 500. The minimum absolute atomic E-state index is 0.177. The Morgan fingerprint density at radius 2 is 2.00 bits per heavy atom. The number of benzene rings is 1. The lowest BCUT2D eigenvalue weighted by Gasteiger charge is -2.25. The molecule has 6 heteroatoms. The summed E-state index contributed by atoms with van der Waals surface area (Å²) >= 11 is 3.18. The Morgan fingerprint density at radius 3 is 2.50 bits per heavy atom. The van der Waals surface area contributed by atoms with Gasteiger partial charge in [-0.3, -0.25) is 0 Å². The Kier molecular flexibility index (Phi) is 5.39. The molecule has 0 aliphatic carbocycles. The van der Waals surface area contributed by atoms with Gasteiger partial charge in [0.15, 0.2) is 0 Å². The molecule has 0 aromatic heterocycles. The summed E-state index contributed by atoms with van der Waals surface area (Å²) in [7, 11) is 3.08. The van der Waals surface area contributed by atoms with Gasteiger partial charge in [-0.25, -0.2) is 9.18 Å². The number of methoxy groups -OCH3 is 1. The highest BCUT2D eigenvalue weighted by Crippen LogP contribution is 2.30. The molecular weight excluding hydrogens is 329 g/mol. The van der Waals surface area contributed by atoms with Gasteiger partial charge in [-0.1, -0.05) is 0 Å². The van der Waals surface area contributed by atoms with Crippen LogP contribution in [-0.2, 0) is 11.3 Å². The SMILES string of the molecule is COc1ccc(F)c(Br)c1CN(C)C(=O)OC(C)(C)C. The number of ether oxygens (including phenoxy) is 2. The van der Waals surface area contributed by atoms with Gasteiger partial charge in [0.1, 0.15) is 17.2 Å². The Labute approximate surface area is 127 Å². The zero-order chi connectivity index (χ0) is 15.5. The van der Waals surface area contributed by atoms with Crippen LogP contribution in [0.3, 0.4) is 0 Å². The molecule has 0 aliphatic heterocycles. The predicted molar refractivity (Wildman–Crippen MR) is 78.4 cm³/mol. The van der Waals surface area contributed by atoms with E-state index in [1.807, 2.05) is 0 Å². The number of carbonyl (C=O) groups is 1. The average molecular weight is 348 g/mol. The van der Waals surface area contributed by atoms with Crippen LogP contribution in [0.15, 0.2) is 16.6 Å². The van der Waals surface area contributed by atoms with E-state index in [2.05, 4.69) is 15.9 Å². The normalized spacial score (nSPS) is 11.2. The van der Waals surface area contributed by atoms with Crippen molar-refractivity contribution in [3.63, 3.8) is 0 Å². The largest absolute Gasteiger partial charge is 0.496 e. The fourth-order valence-corrected chi connectivity index (χ4v) is 2.01. The van der Waals surface area contributed by atoms with E-state index in [0.29, 0.717) is 11.3 Å². The van der Waals surface area contributed by atoms with E-state index >= 15 is 0 Å². The van der Waals surface area contributed by atoms with Gasteiger partial charge in [0.2, 0.25) is 0 Å². The minimum atomic E-state index is -0.575. The summed E-state index contributed by atoms with van der Waals surface area (Å²) in [5.41, 5.74) is -0.0185. The maximum absolute atomic E-state index is 13.6. The van der Waals surface area contributed by atoms with Crippen molar-refractivity contribution in [2.75, 3.05) is 14.2 Å². The minimum Gasteiger partial charge on any atom is -0.496 e. The average Bonchev–Trinajstić information content (AvgIpc) is 2.33. The molecule has 0 bridgehead atoms. The molecule has 0 atom stereocenters. The lowest BCUT2D eigenvalue weighted by Crippen LogP contribution is -2.34. The van der Waals surface area contributed by atoms with Crippen LogP contribution in [0.25, 0.3) is 0 Å². The second-order valence-electron chi connectivity index (χ2n) is 5.38. The van der Waals surface area contributed by atoms with Crippen molar-refractivity contribution < 1.29 is 18.7 Å². The first-order chi connectivity index (χ1) is 9.15. The topological polar surface area (TPSA) is 38.8 Å². The van der Waals surface area contributed by atoms with E-state index in [9.17, 15) is 9.18 Å². The van der Waals surface area contributed by atoms with Crippen molar-refractivity contribution in [1.29, 1.82) is 0 Å². The van der Waals surface area contributed by atoms with Crippen LogP contribution >= 0.6 is 15.9 Å². The predicted octanol–water partition coefficient (Wildman–Crippen LogP) is 3.96. The smallest absolute Gasteiger partial charge is 0.410 e. The monoisotopic (exact) mass is 347 g/mol. The molecule has 1 aromatic carbocycles. The van der Waals surface area contributed by atoms with E-state index in [-0.39, 0.29) is 11.0 Å². The first kappa shape index (κ1) is 16.8. The first-order valence-electron chi connectivity index (χ1n) is 6.10. The lowest BCUT2D eigenvalue weighted by atomic mass is 10.2. The molecule has 0 aliphatic rings. The molecule has 0 saturated carbocycles. The van der Waals surface area contributed by atoms with Gasteiger partial charge < -0.3 is 14.4 Å². The Balaban J connectivity index is 2.93. The standard InChI is InChI=1S/C14H19BrFNO3/c1-14(2,3)20-13(18)17(4)8-9-11(19-5)7-6-10(16)12(9)15/h6-7H,8H2,1-5H3. The second kappa shape index (κ2) is 6.43. The Hall–Kier alpha value is -1.30. The van der Waals surface area contributed by atoms with Gasteiger partial charge in [-0.15, -0.1) is 0 Å². The maximum atomic E-state index is 13.6. The number of amides is 1. The lowest BCUT2D eigenvalue weighted by molar-refractivity contribution is 0.0283. The molecule has 4 nitrogen and oxygen atoms in total. The van der Waals surface area contributed by atoms with Gasteiger partial charge in [0, 0.05) is 12.6 Å². The number of carbonyl (C=O) groups excluding carboxylic acids is 1. The molecule has 0 unspecified atom stereocenters. The summed E-state index contributed by atoms with van der Waals surface area (Å²) in [5.74, 6) is 0.104. The third-order valence-electron chi connectivity index (χ3n) is 2.47. The highest BCUT2D eigenvalue weighted by atomic mass is 79.9. The van der Waals surface area contributed by atoms with Gasteiger partial charge in [0.05, 0.1) is 18.1 Å². The van der Waals surface area contributed by atoms with Crippen molar-refractivity contribution >= 4 is 22.0 Å². The summed E-state index contributed by atoms with van der Waals surface area (Å²) in [6.07, 6.45) is -0.476. The summed E-state index contributed by atoms with van der Waals surface area (Å²) in [6.45, 7) is 5.54. The van der Waals surface area contributed by atoms with Crippen molar-refractivity contribution in [1.82, 2.24) is 4.90 Å². The molecule has 1 amide bonds. The summed E-state index contributed by atoms with van der Waals surface area (Å²) in [6, 6.07) is 2.83. The highest BCUT2D eigenvalue weighted by Gasteiger charge is 2.22. The van der Waals surface area contributed by atoms with Crippen LogP contribution in [0, 0.1) is 5.82 Å². The van der Waals surface area contributed by atoms with Crippen LogP contribution in [0.5, 0.6) is 5.75 Å². The molecule has 0 heterocycles. The van der Waals surface area contributed by atoms with E-state index in [1.54, 1.807) is 27.8 Å². The van der Waals surface area contributed by atoms with E-state index in [4.69, 9.17) is 9.47 Å². The van der Waals surface area contributed by atoms with E-state index in [1.165, 1.54) is 24.1 Å². The third kappa shape index (κ3) is 4.37. The van der Waals surface area contributed by atoms with Crippen LogP contribution in [0.4, 0.5) is 9.18 Å².